The molecule has 0 atom stereocenters. The van der Waals surface area contributed by atoms with E-state index in [9.17, 15) is 9.59 Å². The predicted octanol–water partition coefficient (Wildman–Crippen LogP) is 3.16. The molecule has 7 heteroatoms. The van der Waals surface area contributed by atoms with Crippen LogP contribution in [-0.4, -0.2) is 29.9 Å². The van der Waals surface area contributed by atoms with Gasteiger partial charge in [0.2, 0.25) is 5.91 Å². The second kappa shape index (κ2) is 9.34. The normalized spacial score (nSPS) is 10.8. The molecule has 5 nitrogen and oxygen atoms in total. The van der Waals surface area contributed by atoms with E-state index in [-0.39, 0.29) is 11.8 Å². The molecule has 0 saturated heterocycles. The van der Waals surface area contributed by atoms with Gasteiger partial charge in [0.25, 0.3) is 5.91 Å². The Bertz CT molecular complexity index is 726. The maximum atomic E-state index is 11.9. The number of aryl methyl sites for hydroxylation is 1. The molecule has 0 aliphatic heterocycles. The number of aromatic nitrogens is 1. The average molecular weight is 408 g/mol. The summed E-state index contributed by atoms with van der Waals surface area (Å²) in [4.78, 5) is 28.6. The van der Waals surface area contributed by atoms with Crippen LogP contribution in [0.4, 0.5) is 0 Å². The Kier molecular flexibility index (Phi) is 7.14. The fourth-order valence-electron chi connectivity index (χ4n) is 1.88. The quantitative estimate of drug-likeness (QED) is 0.546. The average Bonchev–Trinajstić information content (AvgIpc) is 2.98. The van der Waals surface area contributed by atoms with E-state index < -0.39 is 0 Å². The van der Waals surface area contributed by atoms with Crippen molar-refractivity contribution in [1.82, 2.24) is 15.6 Å². The lowest BCUT2D eigenvalue weighted by molar-refractivity contribution is -0.116. The van der Waals surface area contributed by atoms with Crippen LogP contribution < -0.4 is 10.6 Å². The Balaban J connectivity index is 1.62. The third-order valence-electron chi connectivity index (χ3n) is 3.08. The topological polar surface area (TPSA) is 71.1 Å². The molecule has 0 bridgehead atoms. The van der Waals surface area contributed by atoms with E-state index in [1.165, 1.54) is 17.4 Å². The monoisotopic (exact) mass is 407 g/mol. The number of nitrogens with zero attached hydrogens (tertiary/aromatic N) is 1. The summed E-state index contributed by atoms with van der Waals surface area (Å²) in [5, 5.41) is 6.57. The number of nitrogens with one attached hydrogen (secondary N) is 2. The molecule has 1 aromatic carbocycles. The molecule has 0 radical (unpaired) electrons. The molecular formula is C17H18BrN3O2S. The lowest BCUT2D eigenvalue weighted by Gasteiger charge is -2.06. The highest BCUT2D eigenvalue weighted by Crippen LogP contribution is 2.12. The molecule has 1 heterocycles. The van der Waals surface area contributed by atoms with Crippen LogP contribution in [0.3, 0.4) is 0 Å². The molecule has 0 fully saturated rings. The lowest BCUT2D eigenvalue weighted by Crippen LogP contribution is -2.29. The van der Waals surface area contributed by atoms with Crippen molar-refractivity contribution in [2.75, 3.05) is 13.1 Å². The fraction of sp³-hybridized carbons (Fsp3) is 0.235. The van der Waals surface area contributed by atoms with Gasteiger partial charge >= 0.3 is 0 Å². The van der Waals surface area contributed by atoms with E-state index in [0.717, 1.165) is 14.4 Å². The van der Waals surface area contributed by atoms with Gasteiger partial charge in [-0.3, -0.25) is 9.59 Å². The fourth-order valence-corrected chi connectivity index (χ4v) is 2.83. The van der Waals surface area contributed by atoms with Crippen LogP contribution in [0, 0.1) is 6.92 Å². The molecule has 0 unspecified atom stereocenters. The first-order chi connectivity index (χ1) is 11.5. The van der Waals surface area contributed by atoms with Crippen LogP contribution in [0.25, 0.3) is 6.08 Å². The summed E-state index contributed by atoms with van der Waals surface area (Å²) in [6, 6.07) is 7.17. The SMILES string of the molecule is Cc1ncc(/C=C/C(=O)NCCCNC(=O)c2ccc(Br)cc2)s1. The largest absolute Gasteiger partial charge is 0.352 e. The zero-order chi connectivity index (χ0) is 17.4. The molecule has 0 aliphatic carbocycles. The third kappa shape index (κ3) is 6.25. The minimum atomic E-state index is -0.153. The number of thiazole rings is 1. The van der Waals surface area contributed by atoms with Crippen molar-refractivity contribution in [1.29, 1.82) is 0 Å². The highest BCUT2D eigenvalue weighted by Gasteiger charge is 2.04. The van der Waals surface area contributed by atoms with Gasteiger partial charge in [0.05, 0.1) is 5.01 Å². The highest BCUT2D eigenvalue weighted by atomic mass is 79.9. The van der Waals surface area contributed by atoms with Crippen molar-refractivity contribution in [3.8, 4) is 0 Å². The minimum Gasteiger partial charge on any atom is -0.352 e. The second-order valence-corrected chi connectivity index (χ2v) is 7.20. The van der Waals surface area contributed by atoms with Crippen molar-refractivity contribution in [3.63, 3.8) is 0 Å². The summed E-state index contributed by atoms with van der Waals surface area (Å²) < 4.78 is 0.934. The standard InChI is InChI=1S/C17H18BrN3O2S/c1-12-21-11-15(24-12)7-8-16(22)19-9-2-10-20-17(23)13-3-5-14(18)6-4-13/h3-8,11H,2,9-10H2,1H3,(H,19,22)(H,20,23)/b8-7+. The summed E-state index contributed by atoms with van der Waals surface area (Å²) in [7, 11) is 0. The zero-order valence-electron chi connectivity index (χ0n) is 13.2. The van der Waals surface area contributed by atoms with Crippen LogP contribution >= 0.6 is 27.3 Å². The van der Waals surface area contributed by atoms with Crippen molar-refractivity contribution in [2.45, 2.75) is 13.3 Å². The first-order valence-electron chi connectivity index (χ1n) is 7.47. The molecule has 0 saturated carbocycles. The molecule has 0 spiro atoms. The Labute approximate surface area is 153 Å². The Morgan fingerprint density at radius 2 is 1.92 bits per heavy atom. The van der Waals surface area contributed by atoms with Gasteiger partial charge in [0, 0.05) is 40.3 Å². The number of carbonyl (C=O) groups excluding carboxylic acids is 2. The van der Waals surface area contributed by atoms with Crippen LogP contribution in [0.2, 0.25) is 0 Å². The van der Waals surface area contributed by atoms with E-state index in [4.69, 9.17) is 0 Å². The Morgan fingerprint density at radius 1 is 1.21 bits per heavy atom. The molecule has 2 aromatic rings. The van der Waals surface area contributed by atoms with E-state index in [1.807, 2.05) is 19.1 Å². The lowest BCUT2D eigenvalue weighted by atomic mass is 10.2. The maximum Gasteiger partial charge on any atom is 0.251 e. The van der Waals surface area contributed by atoms with Crippen molar-refractivity contribution >= 4 is 45.2 Å². The van der Waals surface area contributed by atoms with E-state index in [2.05, 4.69) is 31.5 Å². The van der Waals surface area contributed by atoms with Gasteiger partial charge in [0.15, 0.2) is 0 Å². The van der Waals surface area contributed by atoms with Gasteiger partial charge in [-0.1, -0.05) is 15.9 Å². The summed E-state index contributed by atoms with van der Waals surface area (Å²) in [6.45, 7) is 2.93. The van der Waals surface area contributed by atoms with Gasteiger partial charge in [0.1, 0.15) is 0 Å². The van der Waals surface area contributed by atoms with Crippen molar-refractivity contribution < 1.29 is 9.59 Å². The van der Waals surface area contributed by atoms with Gasteiger partial charge in [-0.2, -0.15) is 0 Å². The van der Waals surface area contributed by atoms with Gasteiger partial charge < -0.3 is 10.6 Å². The van der Waals surface area contributed by atoms with Gasteiger partial charge in [-0.15, -0.1) is 11.3 Å². The zero-order valence-corrected chi connectivity index (χ0v) is 15.6. The molecule has 126 valence electrons. The third-order valence-corrected chi connectivity index (χ3v) is 4.49. The van der Waals surface area contributed by atoms with Gasteiger partial charge in [-0.25, -0.2) is 4.98 Å². The number of amides is 2. The number of hydrogen-bond acceptors (Lipinski definition) is 4. The molecular weight excluding hydrogens is 390 g/mol. The van der Waals surface area contributed by atoms with E-state index in [0.29, 0.717) is 25.1 Å². The van der Waals surface area contributed by atoms with Gasteiger partial charge in [-0.05, 0) is 43.7 Å². The summed E-state index contributed by atoms with van der Waals surface area (Å²) in [5.41, 5.74) is 0.616. The molecule has 0 aliphatic rings. The van der Waals surface area contributed by atoms with E-state index >= 15 is 0 Å². The summed E-state index contributed by atoms with van der Waals surface area (Å²) >= 11 is 4.87. The van der Waals surface area contributed by atoms with Crippen molar-refractivity contribution in [2.24, 2.45) is 0 Å². The highest BCUT2D eigenvalue weighted by molar-refractivity contribution is 9.10. The number of rotatable bonds is 7. The minimum absolute atomic E-state index is 0.116. The molecule has 1 aromatic heterocycles. The number of halogens is 1. The second-order valence-electron chi connectivity index (χ2n) is 5.02. The first kappa shape index (κ1) is 18.4. The Hall–Kier alpha value is -1.99. The molecule has 2 rings (SSSR count). The molecule has 2 amide bonds. The van der Waals surface area contributed by atoms with Crippen LogP contribution in [0.5, 0.6) is 0 Å². The predicted molar refractivity (Wildman–Crippen MR) is 100.0 cm³/mol. The van der Waals surface area contributed by atoms with Crippen LogP contribution in [0.1, 0.15) is 26.7 Å². The summed E-state index contributed by atoms with van der Waals surface area (Å²) in [5.74, 6) is -0.269. The number of benzene rings is 1. The van der Waals surface area contributed by atoms with Crippen LogP contribution in [0.15, 0.2) is 41.0 Å². The number of hydrogen-bond donors (Lipinski definition) is 2. The molecule has 24 heavy (non-hydrogen) atoms. The Morgan fingerprint density at radius 3 is 2.58 bits per heavy atom. The van der Waals surface area contributed by atoms with Crippen molar-refractivity contribution in [3.05, 3.63) is 56.5 Å². The summed E-state index contributed by atoms with van der Waals surface area (Å²) in [6.07, 6.45) is 5.64. The number of carbonyl (C=O) groups is 2. The smallest absolute Gasteiger partial charge is 0.251 e. The first-order valence-corrected chi connectivity index (χ1v) is 9.07. The maximum absolute atomic E-state index is 11.9. The molecule has 2 N–H and O–H groups in total. The van der Waals surface area contributed by atoms with Crippen LogP contribution in [-0.2, 0) is 4.79 Å². The van der Waals surface area contributed by atoms with E-state index in [1.54, 1.807) is 24.4 Å².